The maximum atomic E-state index is 11.5. The van der Waals surface area contributed by atoms with E-state index in [1.165, 1.54) is 0 Å². The maximum Gasteiger partial charge on any atom is 0.357 e. The molecule has 1 aromatic heterocycles. The van der Waals surface area contributed by atoms with Crippen LogP contribution in [0.15, 0.2) is 12.3 Å². The molecule has 1 fully saturated rings. The quantitative estimate of drug-likeness (QED) is 0.712. The van der Waals surface area contributed by atoms with Gasteiger partial charge in [-0.25, -0.2) is 14.8 Å². The Bertz CT molecular complexity index is 402. The molecule has 2 rings (SSSR count). The van der Waals surface area contributed by atoms with E-state index in [0.717, 1.165) is 0 Å². The molecular weight excluding hydrogens is 208 g/mol. The molecule has 1 aromatic rings. The summed E-state index contributed by atoms with van der Waals surface area (Å²) < 4.78 is 10.0. The monoisotopic (exact) mass is 222 g/mol. The van der Waals surface area contributed by atoms with E-state index in [1.807, 2.05) is 6.92 Å². The Morgan fingerprint density at radius 3 is 2.94 bits per heavy atom. The average Bonchev–Trinajstić information content (AvgIpc) is 2.26. The fourth-order valence-electron chi connectivity index (χ4n) is 1.51. The van der Waals surface area contributed by atoms with Crippen LogP contribution in [0.3, 0.4) is 0 Å². The van der Waals surface area contributed by atoms with Crippen molar-refractivity contribution in [2.75, 3.05) is 19.8 Å². The summed E-state index contributed by atoms with van der Waals surface area (Å²) in [4.78, 5) is 19.9. The first-order valence-corrected chi connectivity index (χ1v) is 5.24. The Hall–Kier alpha value is -1.49. The summed E-state index contributed by atoms with van der Waals surface area (Å²) in [5, 5.41) is 0. The first kappa shape index (κ1) is 11.0. The van der Waals surface area contributed by atoms with Crippen molar-refractivity contribution in [2.45, 2.75) is 19.3 Å². The summed E-state index contributed by atoms with van der Waals surface area (Å²) in [5.74, 6) is 0.235. The molecule has 0 spiro atoms. The third-order valence-corrected chi connectivity index (χ3v) is 2.52. The molecule has 5 heteroatoms. The summed E-state index contributed by atoms with van der Waals surface area (Å²) in [6, 6.07) is 1.56. The second kappa shape index (κ2) is 4.17. The summed E-state index contributed by atoms with van der Waals surface area (Å²) in [7, 11) is 0. The normalized spacial score (nSPS) is 17.6. The minimum Gasteiger partial charge on any atom is -0.461 e. The third-order valence-electron chi connectivity index (χ3n) is 2.52. The van der Waals surface area contributed by atoms with Crippen LogP contribution in [0.25, 0.3) is 0 Å². The van der Waals surface area contributed by atoms with Crippen molar-refractivity contribution in [3.8, 4) is 0 Å². The maximum absolute atomic E-state index is 11.5. The summed E-state index contributed by atoms with van der Waals surface area (Å²) in [6.07, 6.45) is 1.58. The molecule has 1 aliphatic rings. The molecule has 0 aromatic carbocycles. The molecule has 86 valence electrons. The molecule has 0 radical (unpaired) electrons. The number of ether oxygens (including phenoxy) is 2. The van der Waals surface area contributed by atoms with E-state index in [2.05, 4.69) is 9.97 Å². The molecule has 0 N–H and O–H groups in total. The highest BCUT2D eigenvalue weighted by Gasteiger charge is 2.38. The molecule has 2 heterocycles. The van der Waals surface area contributed by atoms with Gasteiger partial charge in [-0.1, -0.05) is 0 Å². The van der Waals surface area contributed by atoms with E-state index in [9.17, 15) is 4.79 Å². The van der Waals surface area contributed by atoms with Gasteiger partial charge in [-0.3, -0.25) is 0 Å². The molecule has 16 heavy (non-hydrogen) atoms. The Morgan fingerprint density at radius 1 is 1.62 bits per heavy atom. The number of carbonyl (C=O) groups is 1. The van der Waals surface area contributed by atoms with Gasteiger partial charge >= 0.3 is 5.97 Å². The van der Waals surface area contributed by atoms with E-state index >= 15 is 0 Å². The largest absolute Gasteiger partial charge is 0.461 e. The number of hydrogen-bond acceptors (Lipinski definition) is 5. The lowest BCUT2D eigenvalue weighted by Gasteiger charge is -2.36. The third kappa shape index (κ3) is 1.90. The van der Waals surface area contributed by atoms with E-state index < -0.39 is 5.97 Å². The van der Waals surface area contributed by atoms with E-state index in [1.54, 1.807) is 19.2 Å². The van der Waals surface area contributed by atoms with Crippen molar-refractivity contribution >= 4 is 5.97 Å². The van der Waals surface area contributed by atoms with Gasteiger partial charge in [0.05, 0.1) is 25.2 Å². The lowest BCUT2D eigenvalue weighted by molar-refractivity contribution is -0.0544. The van der Waals surface area contributed by atoms with Crippen molar-refractivity contribution < 1.29 is 14.3 Å². The lowest BCUT2D eigenvalue weighted by Crippen LogP contribution is -2.45. The highest BCUT2D eigenvalue weighted by molar-refractivity contribution is 5.87. The molecule has 0 unspecified atom stereocenters. The molecule has 0 bridgehead atoms. The first-order chi connectivity index (χ1) is 7.65. The standard InChI is InChI=1S/C11H14N2O3/c1-3-16-9(14)8-4-5-12-10(13-8)11(2)6-15-7-11/h4-5H,3,6-7H2,1-2H3. The Morgan fingerprint density at radius 2 is 2.38 bits per heavy atom. The van der Waals surface area contributed by atoms with Gasteiger partial charge in [0, 0.05) is 6.20 Å². The first-order valence-electron chi connectivity index (χ1n) is 5.24. The Kier molecular flexibility index (Phi) is 2.87. The SMILES string of the molecule is CCOC(=O)c1ccnc(C2(C)COC2)n1. The van der Waals surface area contributed by atoms with Crippen LogP contribution < -0.4 is 0 Å². The van der Waals surface area contributed by atoms with Crippen molar-refractivity contribution in [2.24, 2.45) is 0 Å². The van der Waals surface area contributed by atoms with E-state index in [0.29, 0.717) is 31.3 Å². The Balaban J connectivity index is 2.22. The zero-order chi connectivity index (χ0) is 11.6. The van der Waals surface area contributed by atoms with Crippen LogP contribution in [-0.4, -0.2) is 35.8 Å². The van der Waals surface area contributed by atoms with Gasteiger partial charge in [-0.2, -0.15) is 0 Å². The van der Waals surface area contributed by atoms with Crippen LogP contribution >= 0.6 is 0 Å². The van der Waals surface area contributed by atoms with Crippen LogP contribution in [0.5, 0.6) is 0 Å². The molecule has 0 saturated carbocycles. The second-order valence-electron chi connectivity index (χ2n) is 4.04. The van der Waals surface area contributed by atoms with Crippen molar-refractivity contribution in [3.63, 3.8) is 0 Å². The van der Waals surface area contributed by atoms with Gasteiger partial charge < -0.3 is 9.47 Å². The zero-order valence-electron chi connectivity index (χ0n) is 9.40. The minimum absolute atomic E-state index is 0.164. The van der Waals surface area contributed by atoms with Crippen LogP contribution in [0.2, 0.25) is 0 Å². The number of carbonyl (C=O) groups excluding carboxylic acids is 1. The lowest BCUT2D eigenvalue weighted by atomic mass is 9.87. The number of esters is 1. The molecular formula is C11H14N2O3. The predicted molar refractivity (Wildman–Crippen MR) is 56.2 cm³/mol. The number of rotatable bonds is 3. The van der Waals surface area contributed by atoms with Gasteiger partial charge in [0.15, 0.2) is 5.69 Å². The van der Waals surface area contributed by atoms with Gasteiger partial charge in [0.25, 0.3) is 0 Å². The van der Waals surface area contributed by atoms with Crippen LogP contribution in [0.1, 0.15) is 30.2 Å². The van der Waals surface area contributed by atoms with Crippen LogP contribution in [-0.2, 0) is 14.9 Å². The van der Waals surface area contributed by atoms with Crippen LogP contribution in [0, 0.1) is 0 Å². The number of aromatic nitrogens is 2. The molecule has 0 aliphatic carbocycles. The van der Waals surface area contributed by atoms with Gasteiger partial charge in [0.1, 0.15) is 5.82 Å². The predicted octanol–water partition coefficient (Wildman–Crippen LogP) is 0.941. The van der Waals surface area contributed by atoms with Crippen molar-refractivity contribution in [1.29, 1.82) is 0 Å². The number of hydrogen-bond donors (Lipinski definition) is 0. The molecule has 5 nitrogen and oxygen atoms in total. The topological polar surface area (TPSA) is 61.3 Å². The highest BCUT2D eigenvalue weighted by Crippen LogP contribution is 2.28. The second-order valence-corrected chi connectivity index (χ2v) is 4.04. The minimum atomic E-state index is -0.407. The molecule has 1 saturated heterocycles. The van der Waals surface area contributed by atoms with Gasteiger partial charge in [0.2, 0.25) is 0 Å². The zero-order valence-corrected chi connectivity index (χ0v) is 9.40. The van der Waals surface area contributed by atoms with E-state index in [-0.39, 0.29) is 5.41 Å². The average molecular weight is 222 g/mol. The smallest absolute Gasteiger partial charge is 0.357 e. The highest BCUT2D eigenvalue weighted by atomic mass is 16.5. The Labute approximate surface area is 93.8 Å². The van der Waals surface area contributed by atoms with Gasteiger partial charge in [-0.05, 0) is 19.9 Å². The van der Waals surface area contributed by atoms with Crippen molar-refractivity contribution in [1.82, 2.24) is 9.97 Å². The molecule has 0 atom stereocenters. The van der Waals surface area contributed by atoms with Gasteiger partial charge in [-0.15, -0.1) is 0 Å². The molecule has 0 amide bonds. The molecule has 1 aliphatic heterocycles. The van der Waals surface area contributed by atoms with Crippen molar-refractivity contribution in [3.05, 3.63) is 23.8 Å². The summed E-state index contributed by atoms with van der Waals surface area (Å²) in [5.41, 5.74) is 0.141. The summed E-state index contributed by atoms with van der Waals surface area (Å²) in [6.45, 7) is 5.32. The fourth-order valence-corrected chi connectivity index (χ4v) is 1.51. The fraction of sp³-hybridized carbons (Fsp3) is 0.545. The van der Waals surface area contributed by atoms with Crippen LogP contribution in [0.4, 0.5) is 0 Å². The van der Waals surface area contributed by atoms with E-state index in [4.69, 9.17) is 9.47 Å². The number of nitrogens with zero attached hydrogens (tertiary/aromatic N) is 2. The summed E-state index contributed by atoms with van der Waals surface area (Å²) >= 11 is 0.